The number of hydrogen-bond acceptors (Lipinski definition) is 2. The van der Waals surface area contributed by atoms with Crippen molar-refractivity contribution in [3.05, 3.63) is 56.1 Å². The van der Waals surface area contributed by atoms with E-state index < -0.39 is 0 Å². The number of amides is 1. The standard InChI is InChI=1S/C14H11BrCl2N2O/c1-8-10(15)3-5-13(18-8)19-14(20)7-9-2-4-11(16)12(17)6-9/h2-6H,7H2,1H3,(H,18,19,20). The summed E-state index contributed by atoms with van der Waals surface area (Å²) in [7, 11) is 0. The summed E-state index contributed by atoms with van der Waals surface area (Å²) in [6, 6.07) is 8.72. The van der Waals surface area contributed by atoms with E-state index in [0.29, 0.717) is 15.9 Å². The second-order valence-electron chi connectivity index (χ2n) is 4.24. The van der Waals surface area contributed by atoms with Gasteiger partial charge >= 0.3 is 0 Å². The number of carbonyl (C=O) groups is 1. The number of hydrogen-bond donors (Lipinski definition) is 1. The molecular formula is C14H11BrCl2N2O. The Balaban J connectivity index is 2.04. The van der Waals surface area contributed by atoms with Crippen molar-refractivity contribution in [2.24, 2.45) is 0 Å². The number of carbonyl (C=O) groups excluding carboxylic acids is 1. The highest BCUT2D eigenvalue weighted by atomic mass is 79.9. The third-order valence-electron chi connectivity index (χ3n) is 2.64. The molecule has 1 amide bonds. The van der Waals surface area contributed by atoms with Crippen LogP contribution in [0.1, 0.15) is 11.3 Å². The average molecular weight is 374 g/mol. The van der Waals surface area contributed by atoms with Gasteiger partial charge in [0, 0.05) is 4.47 Å². The molecule has 0 unspecified atom stereocenters. The SMILES string of the molecule is Cc1nc(NC(=O)Cc2ccc(Cl)c(Cl)c2)ccc1Br. The van der Waals surface area contributed by atoms with Crippen molar-refractivity contribution < 1.29 is 4.79 Å². The van der Waals surface area contributed by atoms with E-state index in [4.69, 9.17) is 23.2 Å². The minimum absolute atomic E-state index is 0.155. The lowest BCUT2D eigenvalue weighted by atomic mass is 10.1. The Labute approximate surface area is 135 Å². The third-order valence-corrected chi connectivity index (χ3v) is 4.21. The highest BCUT2D eigenvalue weighted by molar-refractivity contribution is 9.10. The minimum atomic E-state index is -0.155. The molecule has 0 aliphatic carbocycles. The number of pyridine rings is 1. The van der Waals surface area contributed by atoms with Crippen LogP contribution < -0.4 is 5.32 Å². The monoisotopic (exact) mass is 372 g/mol. The predicted molar refractivity (Wildman–Crippen MR) is 85.5 cm³/mol. The van der Waals surface area contributed by atoms with E-state index in [1.54, 1.807) is 24.3 Å². The highest BCUT2D eigenvalue weighted by Crippen LogP contribution is 2.23. The number of benzene rings is 1. The van der Waals surface area contributed by atoms with Gasteiger partial charge in [0.15, 0.2) is 0 Å². The lowest BCUT2D eigenvalue weighted by Gasteiger charge is -2.07. The van der Waals surface area contributed by atoms with E-state index in [9.17, 15) is 4.79 Å². The maximum atomic E-state index is 11.9. The van der Waals surface area contributed by atoms with Gasteiger partial charge in [0.05, 0.1) is 22.2 Å². The molecule has 0 bridgehead atoms. The van der Waals surface area contributed by atoms with Crippen LogP contribution in [0.25, 0.3) is 0 Å². The molecule has 1 heterocycles. The molecule has 0 spiro atoms. The molecule has 1 aromatic heterocycles. The van der Waals surface area contributed by atoms with E-state index in [1.165, 1.54) is 0 Å². The summed E-state index contributed by atoms with van der Waals surface area (Å²) < 4.78 is 0.903. The van der Waals surface area contributed by atoms with E-state index >= 15 is 0 Å². The van der Waals surface area contributed by atoms with Gasteiger partial charge < -0.3 is 5.32 Å². The number of halogens is 3. The lowest BCUT2D eigenvalue weighted by molar-refractivity contribution is -0.115. The highest BCUT2D eigenvalue weighted by Gasteiger charge is 2.07. The maximum Gasteiger partial charge on any atom is 0.229 e. The summed E-state index contributed by atoms with van der Waals surface area (Å²) in [5, 5.41) is 3.66. The van der Waals surface area contributed by atoms with Gasteiger partial charge in [0.25, 0.3) is 0 Å². The van der Waals surface area contributed by atoms with Crippen LogP contribution in [-0.2, 0) is 11.2 Å². The van der Waals surface area contributed by atoms with Crippen molar-refractivity contribution >= 4 is 50.9 Å². The van der Waals surface area contributed by atoms with Gasteiger partial charge in [-0.25, -0.2) is 4.98 Å². The third kappa shape index (κ3) is 3.95. The summed E-state index contributed by atoms with van der Waals surface area (Å²) in [4.78, 5) is 16.2. The topological polar surface area (TPSA) is 42.0 Å². The summed E-state index contributed by atoms with van der Waals surface area (Å²) >= 11 is 15.1. The molecular weight excluding hydrogens is 363 g/mol. The van der Waals surface area contributed by atoms with Crippen molar-refractivity contribution in [1.29, 1.82) is 0 Å². The Bertz CT molecular complexity index is 606. The molecule has 0 aliphatic rings. The molecule has 6 heteroatoms. The Hall–Kier alpha value is -1.10. The zero-order valence-corrected chi connectivity index (χ0v) is 13.7. The fraction of sp³-hybridized carbons (Fsp3) is 0.143. The molecule has 2 aromatic rings. The van der Waals surface area contributed by atoms with E-state index in [0.717, 1.165) is 15.7 Å². The quantitative estimate of drug-likeness (QED) is 0.851. The normalized spacial score (nSPS) is 10.4. The number of aryl methyl sites for hydroxylation is 1. The number of anilines is 1. The molecule has 1 aromatic carbocycles. The van der Waals surface area contributed by atoms with E-state index in [1.807, 2.05) is 13.0 Å². The molecule has 0 saturated heterocycles. The first-order valence-electron chi connectivity index (χ1n) is 5.82. The van der Waals surface area contributed by atoms with E-state index in [-0.39, 0.29) is 12.3 Å². The van der Waals surface area contributed by atoms with Gasteiger partial charge in [-0.05, 0) is 52.7 Å². The van der Waals surface area contributed by atoms with Gasteiger partial charge in [-0.3, -0.25) is 4.79 Å². The predicted octanol–water partition coefficient (Wildman–Crippen LogP) is 4.64. The number of nitrogens with one attached hydrogen (secondary N) is 1. The molecule has 0 fully saturated rings. The first-order valence-corrected chi connectivity index (χ1v) is 7.37. The largest absolute Gasteiger partial charge is 0.310 e. The number of aromatic nitrogens is 1. The fourth-order valence-electron chi connectivity index (χ4n) is 1.64. The van der Waals surface area contributed by atoms with Gasteiger partial charge in [-0.2, -0.15) is 0 Å². The number of rotatable bonds is 3. The Morgan fingerprint density at radius 2 is 2.00 bits per heavy atom. The van der Waals surface area contributed by atoms with E-state index in [2.05, 4.69) is 26.2 Å². The van der Waals surface area contributed by atoms with Crippen molar-refractivity contribution in [2.75, 3.05) is 5.32 Å². The molecule has 0 aliphatic heterocycles. The molecule has 2 rings (SSSR count). The second-order valence-corrected chi connectivity index (χ2v) is 5.91. The first-order chi connectivity index (χ1) is 9.45. The maximum absolute atomic E-state index is 11.9. The van der Waals surface area contributed by atoms with Crippen molar-refractivity contribution in [1.82, 2.24) is 4.98 Å². The van der Waals surface area contributed by atoms with Crippen LogP contribution in [0.5, 0.6) is 0 Å². The summed E-state index contributed by atoms with van der Waals surface area (Å²) in [5.41, 5.74) is 1.61. The van der Waals surface area contributed by atoms with Crippen molar-refractivity contribution in [3.63, 3.8) is 0 Å². The average Bonchev–Trinajstić information content (AvgIpc) is 2.38. The molecule has 104 valence electrons. The Morgan fingerprint density at radius 3 is 2.65 bits per heavy atom. The molecule has 0 atom stereocenters. The fourth-order valence-corrected chi connectivity index (χ4v) is 2.18. The van der Waals surface area contributed by atoms with Crippen LogP contribution in [0.2, 0.25) is 10.0 Å². The summed E-state index contributed by atoms with van der Waals surface area (Å²) in [6.45, 7) is 1.86. The zero-order valence-electron chi connectivity index (χ0n) is 10.6. The van der Waals surface area contributed by atoms with Crippen molar-refractivity contribution in [2.45, 2.75) is 13.3 Å². The van der Waals surface area contributed by atoms with Crippen LogP contribution in [-0.4, -0.2) is 10.9 Å². The molecule has 3 nitrogen and oxygen atoms in total. The summed E-state index contributed by atoms with van der Waals surface area (Å²) in [6.07, 6.45) is 0.216. The summed E-state index contributed by atoms with van der Waals surface area (Å²) in [5.74, 6) is 0.369. The number of nitrogens with zero attached hydrogens (tertiary/aromatic N) is 1. The van der Waals surface area contributed by atoms with Crippen LogP contribution >= 0.6 is 39.1 Å². The van der Waals surface area contributed by atoms with Gasteiger partial charge in [0.1, 0.15) is 5.82 Å². The molecule has 1 N–H and O–H groups in total. The lowest BCUT2D eigenvalue weighted by Crippen LogP contribution is -2.15. The smallest absolute Gasteiger partial charge is 0.229 e. The molecule has 0 radical (unpaired) electrons. The van der Waals surface area contributed by atoms with Gasteiger partial charge in [0.2, 0.25) is 5.91 Å². The van der Waals surface area contributed by atoms with Crippen LogP contribution in [0, 0.1) is 6.92 Å². The second kappa shape index (κ2) is 6.57. The minimum Gasteiger partial charge on any atom is -0.310 e. The Morgan fingerprint density at radius 1 is 1.25 bits per heavy atom. The van der Waals surface area contributed by atoms with Gasteiger partial charge in [-0.1, -0.05) is 29.3 Å². The van der Waals surface area contributed by atoms with Crippen molar-refractivity contribution in [3.8, 4) is 0 Å². The van der Waals surface area contributed by atoms with Crippen LogP contribution in [0.3, 0.4) is 0 Å². The zero-order chi connectivity index (χ0) is 14.7. The van der Waals surface area contributed by atoms with Crippen LogP contribution in [0.15, 0.2) is 34.8 Å². The van der Waals surface area contributed by atoms with Gasteiger partial charge in [-0.15, -0.1) is 0 Å². The first kappa shape index (κ1) is 15.3. The molecule has 0 saturated carbocycles. The molecule has 20 heavy (non-hydrogen) atoms. The van der Waals surface area contributed by atoms with Crippen LogP contribution in [0.4, 0.5) is 5.82 Å². The Kier molecular flexibility index (Phi) is 5.02.